The average molecular weight is 527 g/mol. The van der Waals surface area contributed by atoms with E-state index < -0.39 is 39.2 Å². The molecule has 1 saturated heterocycles. The third-order valence-corrected chi connectivity index (χ3v) is 10.0. The summed E-state index contributed by atoms with van der Waals surface area (Å²) in [5.74, 6) is -1.44. The van der Waals surface area contributed by atoms with Gasteiger partial charge in [0.1, 0.15) is 0 Å². The van der Waals surface area contributed by atoms with Crippen LogP contribution in [0.4, 0.5) is 0 Å². The minimum absolute atomic E-state index is 0.156. The normalized spacial score (nSPS) is 22.2. The van der Waals surface area contributed by atoms with Gasteiger partial charge in [0, 0.05) is 17.0 Å². The Labute approximate surface area is 219 Å². The molecule has 6 nitrogen and oxygen atoms in total. The van der Waals surface area contributed by atoms with Crippen LogP contribution in [0.15, 0.2) is 66.1 Å². The molecular weight excluding hydrogens is 492 g/mol. The maximum atomic E-state index is 14.2. The molecule has 0 radical (unpaired) electrons. The van der Waals surface area contributed by atoms with Gasteiger partial charge in [0.25, 0.3) is 0 Å². The lowest BCUT2D eigenvalue weighted by Gasteiger charge is -2.31. The molecule has 36 heavy (non-hydrogen) atoms. The molecular formula is C28H34N2O4S2. The summed E-state index contributed by atoms with van der Waals surface area (Å²) in [5.41, 5.74) is 1.96. The van der Waals surface area contributed by atoms with Gasteiger partial charge in [-0.2, -0.15) is 21.3 Å². The van der Waals surface area contributed by atoms with E-state index in [1.165, 1.54) is 16.1 Å². The molecule has 0 saturated carbocycles. The second-order valence-electron chi connectivity index (χ2n) is 9.19. The fourth-order valence-corrected chi connectivity index (χ4v) is 8.20. The van der Waals surface area contributed by atoms with Crippen LogP contribution in [0.25, 0.3) is 0 Å². The summed E-state index contributed by atoms with van der Waals surface area (Å²) in [6, 6.07) is 14.0. The molecule has 2 unspecified atom stereocenters. The van der Waals surface area contributed by atoms with Crippen molar-refractivity contribution in [3.8, 4) is 6.07 Å². The molecule has 2 aromatic carbocycles. The van der Waals surface area contributed by atoms with Gasteiger partial charge in [-0.15, -0.1) is 6.58 Å². The number of aryl methyl sites for hydroxylation is 1. The highest BCUT2D eigenvalue weighted by atomic mass is 32.2. The van der Waals surface area contributed by atoms with Crippen molar-refractivity contribution in [2.24, 2.45) is 5.92 Å². The molecule has 3 rings (SSSR count). The summed E-state index contributed by atoms with van der Waals surface area (Å²) in [6.07, 6.45) is 6.18. The van der Waals surface area contributed by atoms with E-state index in [0.29, 0.717) is 23.3 Å². The molecule has 0 amide bonds. The molecule has 192 valence electrons. The van der Waals surface area contributed by atoms with Crippen molar-refractivity contribution in [1.29, 1.82) is 5.26 Å². The maximum absolute atomic E-state index is 14.2. The SMILES string of the molecule is C=CCS[C@@H]1C(CCCCCC)N(S(=O)(=O)c2ccc(C)cc2)C(c2ccc(C#N)cc2)[C@@H]1C(=O)O. The number of carboxylic acids is 1. The van der Waals surface area contributed by atoms with Crippen LogP contribution in [0, 0.1) is 24.2 Å². The number of carbonyl (C=O) groups is 1. The predicted molar refractivity (Wildman–Crippen MR) is 144 cm³/mol. The summed E-state index contributed by atoms with van der Waals surface area (Å²) in [4.78, 5) is 12.9. The standard InChI is InChI=1S/C28H34N2O4S2/c1-4-6-7-8-9-24-27(35-18-5-2)25(28(31)32)26(22-14-12-21(19-29)13-15-22)30(24)36(33,34)23-16-10-20(3)11-17-23/h5,10-17,24-27H,2,4,6-9,18H2,1,3H3,(H,31,32)/t24?,25-,26?,27+/m0/s1. The number of thioether (sulfide) groups is 1. The van der Waals surface area contributed by atoms with Crippen LogP contribution in [0.5, 0.6) is 0 Å². The first-order valence-electron chi connectivity index (χ1n) is 12.3. The van der Waals surface area contributed by atoms with E-state index in [9.17, 15) is 23.6 Å². The van der Waals surface area contributed by atoms with Gasteiger partial charge in [-0.25, -0.2) is 8.42 Å². The van der Waals surface area contributed by atoms with Gasteiger partial charge in [-0.05, 0) is 43.2 Å². The molecule has 1 fully saturated rings. The van der Waals surface area contributed by atoms with Crippen LogP contribution in [0.3, 0.4) is 0 Å². The average Bonchev–Trinajstić information content (AvgIpc) is 3.20. The lowest BCUT2D eigenvalue weighted by molar-refractivity contribution is -0.142. The number of hydrogen-bond acceptors (Lipinski definition) is 5. The zero-order valence-corrected chi connectivity index (χ0v) is 22.5. The number of unbranched alkanes of at least 4 members (excludes halogenated alkanes) is 3. The summed E-state index contributed by atoms with van der Waals surface area (Å²) in [7, 11) is -4.02. The Hall–Kier alpha value is -2.60. The van der Waals surface area contributed by atoms with E-state index in [2.05, 4.69) is 19.6 Å². The van der Waals surface area contributed by atoms with Gasteiger partial charge >= 0.3 is 5.97 Å². The highest BCUT2D eigenvalue weighted by Gasteiger charge is 2.56. The Balaban J connectivity index is 2.19. The fraction of sp³-hybridized carbons (Fsp3) is 0.429. The summed E-state index contributed by atoms with van der Waals surface area (Å²) in [5, 5.41) is 19.2. The fourth-order valence-electron chi connectivity index (χ4n) is 4.94. The molecule has 2 aromatic rings. The molecule has 4 atom stereocenters. The van der Waals surface area contributed by atoms with Crippen molar-refractivity contribution in [3.63, 3.8) is 0 Å². The molecule has 0 aromatic heterocycles. The number of sulfonamides is 1. The van der Waals surface area contributed by atoms with Crippen molar-refractivity contribution in [1.82, 2.24) is 4.31 Å². The zero-order chi connectivity index (χ0) is 26.3. The van der Waals surface area contributed by atoms with Gasteiger partial charge in [-0.3, -0.25) is 4.79 Å². The Morgan fingerprint density at radius 2 is 1.81 bits per heavy atom. The second-order valence-corrected chi connectivity index (χ2v) is 12.2. The van der Waals surface area contributed by atoms with Crippen LogP contribution in [-0.4, -0.2) is 40.8 Å². The second kappa shape index (κ2) is 12.6. The van der Waals surface area contributed by atoms with Crippen LogP contribution in [-0.2, 0) is 14.8 Å². The number of carboxylic acid groups (broad SMARTS) is 1. The third kappa shape index (κ3) is 6.03. The van der Waals surface area contributed by atoms with Crippen molar-refractivity contribution in [3.05, 3.63) is 77.9 Å². The zero-order valence-electron chi connectivity index (χ0n) is 20.8. The van der Waals surface area contributed by atoms with Gasteiger partial charge < -0.3 is 5.11 Å². The van der Waals surface area contributed by atoms with E-state index in [1.54, 1.807) is 54.6 Å². The van der Waals surface area contributed by atoms with Crippen LogP contribution >= 0.6 is 11.8 Å². The summed E-state index contributed by atoms with van der Waals surface area (Å²) >= 11 is 1.46. The molecule has 1 aliphatic heterocycles. The molecule has 0 bridgehead atoms. The number of hydrogen-bond donors (Lipinski definition) is 1. The van der Waals surface area contributed by atoms with Gasteiger partial charge in [0.2, 0.25) is 10.0 Å². The number of benzene rings is 2. The molecule has 1 heterocycles. The van der Waals surface area contributed by atoms with Gasteiger partial charge in [0.05, 0.1) is 28.5 Å². The Morgan fingerprint density at radius 1 is 1.14 bits per heavy atom. The third-order valence-electron chi connectivity index (χ3n) is 6.70. The monoisotopic (exact) mass is 526 g/mol. The lowest BCUT2D eigenvalue weighted by Crippen LogP contribution is -2.40. The Morgan fingerprint density at radius 3 is 2.36 bits per heavy atom. The largest absolute Gasteiger partial charge is 0.481 e. The van der Waals surface area contributed by atoms with Gasteiger partial charge in [-0.1, -0.05) is 68.5 Å². The number of aliphatic carboxylic acids is 1. The van der Waals surface area contributed by atoms with Crippen molar-refractivity contribution < 1.29 is 18.3 Å². The first-order valence-corrected chi connectivity index (χ1v) is 14.8. The quantitative estimate of drug-likeness (QED) is 0.271. The van der Waals surface area contributed by atoms with E-state index >= 15 is 0 Å². The first kappa shape index (κ1) is 28.0. The Bertz CT molecular complexity index is 1190. The summed E-state index contributed by atoms with van der Waals surface area (Å²) in [6.45, 7) is 7.80. The lowest BCUT2D eigenvalue weighted by atomic mass is 9.92. The van der Waals surface area contributed by atoms with Crippen LogP contribution < -0.4 is 0 Å². The number of nitriles is 1. The predicted octanol–water partition coefficient (Wildman–Crippen LogP) is 5.94. The molecule has 0 spiro atoms. The highest BCUT2D eigenvalue weighted by Crippen LogP contribution is 2.50. The van der Waals surface area contributed by atoms with Gasteiger partial charge in [0.15, 0.2) is 0 Å². The molecule has 1 N–H and O–H groups in total. The molecule has 8 heteroatoms. The van der Waals surface area contributed by atoms with E-state index in [0.717, 1.165) is 31.2 Å². The van der Waals surface area contributed by atoms with Crippen LogP contribution in [0.1, 0.15) is 61.8 Å². The summed E-state index contributed by atoms with van der Waals surface area (Å²) < 4.78 is 29.8. The molecule has 1 aliphatic rings. The Kier molecular flexibility index (Phi) is 9.77. The van der Waals surface area contributed by atoms with E-state index in [1.807, 2.05) is 6.92 Å². The first-order chi connectivity index (χ1) is 17.3. The number of nitrogens with zero attached hydrogens (tertiary/aromatic N) is 2. The topological polar surface area (TPSA) is 98.5 Å². The molecule has 0 aliphatic carbocycles. The minimum Gasteiger partial charge on any atom is -0.481 e. The minimum atomic E-state index is -4.02. The van der Waals surface area contributed by atoms with Crippen LogP contribution in [0.2, 0.25) is 0 Å². The maximum Gasteiger partial charge on any atom is 0.309 e. The van der Waals surface area contributed by atoms with E-state index in [-0.39, 0.29) is 4.90 Å². The number of rotatable bonds is 12. The van der Waals surface area contributed by atoms with Crippen molar-refractivity contribution in [2.75, 3.05) is 5.75 Å². The smallest absolute Gasteiger partial charge is 0.309 e. The van der Waals surface area contributed by atoms with Crippen molar-refractivity contribution in [2.45, 2.75) is 68.2 Å². The van der Waals surface area contributed by atoms with Crippen molar-refractivity contribution >= 4 is 27.8 Å². The highest BCUT2D eigenvalue weighted by molar-refractivity contribution is 8.00. The van der Waals surface area contributed by atoms with E-state index in [4.69, 9.17) is 0 Å².